The molecule has 0 fully saturated rings. The number of ether oxygens (including phenoxy) is 2. The highest BCUT2D eigenvalue weighted by atomic mass is 32.1. The van der Waals surface area contributed by atoms with Gasteiger partial charge in [0.1, 0.15) is 16.4 Å². The van der Waals surface area contributed by atoms with Gasteiger partial charge in [0.2, 0.25) is 0 Å². The van der Waals surface area contributed by atoms with Crippen LogP contribution in [-0.4, -0.2) is 36.4 Å². The largest absolute Gasteiger partial charge is 0.508 e. The average Bonchev–Trinajstić information content (AvgIpc) is 3.60. The molecule has 2 N–H and O–H groups in total. The van der Waals surface area contributed by atoms with Crippen LogP contribution in [0.2, 0.25) is 0 Å². The van der Waals surface area contributed by atoms with Gasteiger partial charge in [-0.15, -0.1) is 22.7 Å². The molecule has 4 aromatic carbocycles. The first-order chi connectivity index (χ1) is 20.2. The number of phenolic OH excluding ortho intramolecular Hbond substituents is 2. The van der Waals surface area contributed by atoms with Crippen molar-refractivity contribution in [3.8, 4) is 33.8 Å². The number of fused-ring (bicyclic) bond motifs is 2. The molecular weight excluding hydrogens is 569 g/mol. The molecule has 42 heavy (non-hydrogen) atoms. The number of esters is 2. The molecule has 0 aliphatic carbocycles. The number of hydrogen-bond acceptors (Lipinski definition) is 8. The third-order valence-electron chi connectivity index (χ3n) is 6.93. The Kier molecular flexibility index (Phi) is 8.29. The molecule has 0 spiro atoms. The van der Waals surface area contributed by atoms with Gasteiger partial charge in [-0.2, -0.15) is 0 Å². The SMILES string of the molecule is COC(=O)c1cc2ccc(-c3ccc(O)cc3C)cc2s1.COC(=O)c1csc2cc(-c3ccc(O)cc3C)ccc12. The number of aryl methyl sites for hydroxylation is 2. The second kappa shape index (κ2) is 12.1. The van der Waals surface area contributed by atoms with E-state index in [2.05, 4.69) is 12.1 Å². The van der Waals surface area contributed by atoms with Gasteiger partial charge in [0.25, 0.3) is 0 Å². The van der Waals surface area contributed by atoms with E-state index in [4.69, 9.17) is 9.47 Å². The number of rotatable bonds is 4. The van der Waals surface area contributed by atoms with Gasteiger partial charge in [-0.1, -0.05) is 36.4 Å². The van der Waals surface area contributed by atoms with E-state index in [-0.39, 0.29) is 23.4 Å². The summed E-state index contributed by atoms with van der Waals surface area (Å²) < 4.78 is 11.6. The summed E-state index contributed by atoms with van der Waals surface area (Å²) in [7, 11) is 2.78. The van der Waals surface area contributed by atoms with Crippen LogP contribution in [-0.2, 0) is 9.47 Å². The molecule has 212 valence electrons. The second-order valence-electron chi connectivity index (χ2n) is 9.71. The first-order valence-corrected chi connectivity index (χ1v) is 14.7. The van der Waals surface area contributed by atoms with Crippen LogP contribution < -0.4 is 0 Å². The zero-order valence-corrected chi connectivity index (χ0v) is 25.1. The molecule has 6 rings (SSSR count). The fraction of sp³-hybridized carbons (Fsp3) is 0.118. The van der Waals surface area contributed by atoms with Gasteiger partial charge in [0, 0.05) is 20.2 Å². The first kappa shape index (κ1) is 28.9. The van der Waals surface area contributed by atoms with E-state index in [0.717, 1.165) is 53.6 Å². The van der Waals surface area contributed by atoms with Crippen molar-refractivity contribution in [1.82, 2.24) is 0 Å². The van der Waals surface area contributed by atoms with Gasteiger partial charge >= 0.3 is 11.9 Å². The van der Waals surface area contributed by atoms with E-state index >= 15 is 0 Å². The Morgan fingerprint density at radius 2 is 1.24 bits per heavy atom. The van der Waals surface area contributed by atoms with Crippen LogP contribution in [0, 0.1) is 13.8 Å². The normalized spacial score (nSPS) is 10.8. The number of carbonyl (C=O) groups excluding carboxylic acids is 2. The Labute approximate surface area is 251 Å². The number of phenols is 2. The van der Waals surface area contributed by atoms with Gasteiger partial charge in [0.15, 0.2) is 0 Å². The highest BCUT2D eigenvalue weighted by molar-refractivity contribution is 7.20. The highest BCUT2D eigenvalue weighted by Gasteiger charge is 2.14. The maximum atomic E-state index is 11.7. The van der Waals surface area contributed by atoms with Gasteiger partial charge in [0.05, 0.1) is 19.8 Å². The van der Waals surface area contributed by atoms with E-state index in [9.17, 15) is 19.8 Å². The standard InChI is InChI=1S/2C17H14O3S/c1-10-7-12(18)4-6-13(10)11-3-5-14-15(17(19)20-2)9-21-16(14)8-11;1-10-7-13(18)5-6-14(10)11-3-4-12-9-16(17(19)20-2)21-15(12)8-11/h2*3-9,18H,1-2H3. The van der Waals surface area contributed by atoms with E-state index < -0.39 is 0 Å². The first-order valence-electron chi connectivity index (χ1n) is 13.0. The molecule has 6 aromatic rings. The minimum atomic E-state index is -0.310. The lowest BCUT2D eigenvalue weighted by molar-refractivity contribution is 0.0596. The number of carbonyl (C=O) groups is 2. The lowest BCUT2D eigenvalue weighted by Crippen LogP contribution is -1.99. The Bertz CT molecular complexity index is 1890. The molecule has 2 aromatic heterocycles. The van der Waals surface area contributed by atoms with E-state index in [1.165, 1.54) is 36.9 Å². The molecule has 6 nitrogen and oxygen atoms in total. The van der Waals surface area contributed by atoms with Crippen LogP contribution in [0.25, 0.3) is 42.4 Å². The van der Waals surface area contributed by atoms with Crippen LogP contribution in [0.4, 0.5) is 0 Å². The molecule has 0 unspecified atom stereocenters. The van der Waals surface area contributed by atoms with Crippen molar-refractivity contribution in [2.24, 2.45) is 0 Å². The van der Waals surface area contributed by atoms with Crippen LogP contribution in [0.15, 0.2) is 84.2 Å². The molecule has 8 heteroatoms. The lowest BCUT2D eigenvalue weighted by atomic mass is 9.99. The molecule has 0 aliphatic rings. The Morgan fingerprint density at radius 3 is 1.81 bits per heavy atom. The van der Waals surface area contributed by atoms with Crippen molar-refractivity contribution >= 4 is 54.8 Å². The minimum Gasteiger partial charge on any atom is -0.508 e. The summed E-state index contributed by atoms with van der Waals surface area (Å²) >= 11 is 2.95. The highest BCUT2D eigenvalue weighted by Crippen LogP contribution is 2.34. The average molecular weight is 597 g/mol. The number of methoxy groups -OCH3 is 2. The van der Waals surface area contributed by atoms with Crippen molar-refractivity contribution < 1.29 is 29.3 Å². The van der Waals surface area contributed by atoms with Crippen LogP contribution in [0.5, 0.6) is 11.5 Å². The third kappa shape index (κ3) is 5.86. The van der Waals surface area contributed by atoms with Crippen LogP contribution in [0.3, 0.4) is 0 Å². The second-order valence-corrected chi connectivity index (χ2v) is 11.7. The molecule has 0 aliphatic heterocycles. The summed E-state index contributed by atoms with van der Waals surface area (Å²) in [6.07, 6.45) is 0. The summed E-state index contributed by atoms with van der Waals surface area (Å²) in [4.78, 5) is 23.9. The van der Waals surface area contributed by atoms with Crippen LogP contribution in [0.1, 0.15) is 31.2 Å². The van der Waals surface area contributed by atoms with E-state index in [1.54, 1.807) is 24.3 Å². The molecule has 0 saturated carbocycles. The Balaban J connectivity index is 0.000000168. The Morgan fingerprint density at radius 1 is 0.667 bits per heavy atom. The maximum absolute atomic E-state index is 11.7. The van der Waals surface area contributed by atoms with Crippen molar-refractivity contribution in [3.05, 3.63) is 106 Å². The summed E-state index contributed by atoms with van der Waals surface area (Å²) in [6, 6.07) is 24.6. The zero-order chi connectivity index (χ0) is 30.0. The van der Waals surface area contributed by atoms with Gasteiger partial charge in [-0.25, -0.2) is 9.59 Å². The minimum absolute atomic E-state index is 0.265. The van der Waals surface area contributed by atoms with Crippen molar-refractivity contribution in [3.63, 3.8) is 0 Å². The maximum Gasteiger partial charge on any atom is 0.348 e. The van der Waals surface area contributed by atoms with E-state index in [1.807, 2.05) is 61.7 Å². The number of benzene rings is 4. The summed E-state index contributed by atoms with van der Waals surface area (Å²) in [5.41, 5.74) is 6.91. The van der Waals surface area contributed by atoms with Crippen molar-refractivity contribution in [2.45, 2.75) is 13.8 Å². The quantitative estimate of drug-likeness (QED) is 0.198. The molecule has 0 atom stereocenters. The van der Waals surface area contributed by atoms with E-state index in [0.29, 0.717) is 10.4 Å². The predicted molar refractivity (Wildman–Crippen MR) is 170 cm³/mol. The monoisotopic (exact) mass is 596 g/mol. The zero-order valence-electron chi connectivity index (χ0n) is 23.4. The molecular formula is C34H28O6S2. The molecule has 0 saturated heterocycles. The van der Waals surface area contributed by atoms with Gasteiger partial charge in [-0.3, -0.25) is 0 Å². The van der Waals surface area contributed by atoms with Crippen molar-refractivity contribution in [2.75, 3.05) is 14.2 Å². The number of aromatic hydroxyl groups is 2. The third-order valence-corrected chi connectivity index (χ3v) is 8.95. The molecule has 0 radical (unpaired) electrons. The number of hydrogen-bond donors (Lipinski definition) is 2. The molecule has 0 bridgehead atoms. The molecule has 0 amide bonds. The van der Waals surface area contributed by atoms with Gasteiger partial charge in [-0.05, 0) is 95.1 Å². The Hall–Kier alpha value is -4.66. The van der Waals surface area contributed by atoms with Crippen LogP contribution >= 0.6 is 22.7 Å². The fourth-order valence-electron chi connectivity index (χ4n) is 4.81. The number of thiophene rings is 2. The summed E-state index contributed by atoms with van der Waals surface area (Å²) in [5, 5.41) is 22.8. The fourth-order valence-corrected chi connectivity index (χ4v) is 6.80. The lowest BCUT2D eigenvalue weighted by Gasteiger charge is -2.07. The van der Waals surface area contributed by atoms with Crippen molar-refractivity contribution in [1.29, 1.82) is 0 Å². The van der Waals surface area contributed by atoms with Gasteiger partial charge < -0.3 is 19.7 Å². The summed E-state index contributed by atoms with van der Waals surface area (Å²) in [6.45, 7) is 3.93. The predicted octanol–water partition coefficient (Wildman–Crippen LogP) is 8.74. The molecule has 2 heterocycles. The smallest absolute Gasteiger partial charge is 0.348 e. The topological polar surface area (TPSA) is 93.1 Å². The summed E-state index contributed by atoms with van der Waals surface area (Å²) in [5.74, 6) is -0.0868.